The third kappa shape index (κ3) is 5.02. The molecule has 3 rings (SSSR count). The van der Waals surface area contributed by atoms with Crippen LogP contribution in [-0.4, -0.2) is 57.4 Å². The standard InChI is InChI=1S/C21H32N4O3S/c1-14-13-22-19(29-5)23-17(14)25(15-9-7-6-8-10-15)16-11-12-24(18(16)26)20(27)28-21(2,3)4/h13,15-16H,6-12H2,1-5H3. The summed E-state index contributed by atoms with van der Waals surface area (Å²) < 4.78 is 5.45. The van der Waals surface area contributed by atoms with Crippen LogP contribution in [0.25, 0.3) is 0 Å². The summed E-state index contributed by atoms with van der Waals surface area (Å²) in [5.74, 6) is 0.633. The molecule has 2 amide bonds. The zero-order chi connectivity index (χ0) is 21.2. The Morgan fingerprint density at radius 2 is 1.93 bits per heavy atom. The average Bonchev–Trinajstić information content (AvgIpc) is 3.04. The number of anilines is 1. The van der Waals surface area contributed by atoms with Gasteiger partial charge in [-0.15, -0.1) is 0 Å². The van der Waals surface area contributed by atoms with Crippen molar-refractivity contribution < 1.29 is 14.3 Å². The fourth-order valence-electron chi connectivity index (χ4n) is 4.13. The Balaban J connectivity index is 1.91. The number of ether oxygens (including phenoxy) is 1. The SMILES string of the molecule is CSc1ncc(C)c(N(C2CCCCC2)C2CCN(C(=O)OC(C)(C)C)C2=O)n1. The topological polar surface area (TPSA) is 75.6 Å². The Morgan fingerprint density at radius 1 is 1.24 bits per heavy atom. The molecule has 1 saturated carbocycles. The van der Waals surface area contributed by atoms with Crippen LogP contribution in [0.5, 0.6) is 0 Å². The van der Waals surface area contributed by atoms with Gasteiger partial charge in [-0.05, 0) is 53.2 Å². The number of imide groups is 1. The minimum atomic E-state index is -0.630. The van der Waals surface area contributed by atoms with Gasteiger partial charge in [0.05, 0.1) is 0 Å². The lowest BCUT2D eigenvalue weighted by atomic mass is 9.92. The zero-order valence-corrected chi connectivity index (χ0v) is 18.9. The van der Waals surface area contributed by atoms with Crippen molar-refractivity contribution in [1.29, 1.82) is 0 Å². The predicted molar refractivity (Wildman–Crippen MR) is 114 cm³/mol. The van der Waals surface area contributed by atoms with Crippen molar-refractivity contribution in [2.75, 3.05) is 17.7 Å². The van der Waals surface area contributed by atoms with Crippen molar-refractivity contribution in [3.05, 3.63) is 11.8 Å². The molecule has 29 heavy (non-hydrogen) atoms. The third-order valence-corrected chi connectivity index (χ3v) is 6.01. The Bertz CT molecular complexity index is 759. The van der Waals surface area contributed by atoms with E-state index in [2.05, 4.69) is 9.88 Å². The van der Waals surface area contributed by atoms with Crippen molar-refractivity contribution >= 4 is 29.6 Å². The molecule has 1 aromatic rings. The molecule has 2 aliphatic rings. The lowest BCUT2D eigenvalue weighted by Gasteiger charge is -2.39. The highest BCUT2D eigenvalue weighted by molar-refractivity contribution is 7.98. The molecule has 1 atom stereocenters. The summed E-state index contributed by atoms with van der Waals surface area (Å²) in [6.45, 7) is 7.80. The lowest BCUT2D eigenvalue weighted by Crippen LogP contribution is -2.50. The highest BCUT2D eigenvalue weighted by Gasteiger charge is 2.44. The van der Waals surface area contributed by atoms with Crippen LogP contribution in [-0.2, 0) is 9.53 Å². The van der Waals surface area contributed by atoms with E-state index in [-0.39, 0.29) is 11.9 Å². The quantitative estimate of drug-likeness (QED) is 0.534. The first-order valence-electron chi connectivity index (χ1n) is 10.4. The number of nitrogens with zero attached hydrogens (tertiary/aromatic N) is 4. The third-order valence-electron chi connectivity index (χ3n) is 5.45. The normalized spacial score (nSPS) is 20.8. The number of carbonyl (C=O) groups excluding carboxylic acids is 2. The van der Waals surface area contributed by atoms with Gasteiger partial charge >= 0.3 is 6.09 Å². The first-order valence-corrected chi connectivity index (χ1v) is 11.6. The van der Waals surface area contributed by atoms with Crippen LogP contribution in [0.15, 0.2) is 11.4 Å². The Labute approximate surface area is 177 Å². The molecule has 0 N–H and O–H groups in total. The molecule has 1 aliphatic heterocycles. The summed E-state index contributed by atoms with van der Waals surface area (Å²) in [5, 5.41) is 0.695. The Hall–Kier alpha value is -1.83. The van der Waals surface area contributed by atoms with Gasteiger partial charge in [-0.25, -0.2) is 19.7 Å². The molecule has 2 fully saturated rings. The smallest absolute Gasteiger partial charge is 0.417 e. The van der Waals surface area contributed by atoms with E-state index in [4.69, 9.17) is 9.72 Å². The van der Waals surface area contributed by atoms with Crippen LogP contribution in [0, 0.1) is 6.92 Å². The number of aryl methyl sites for hydroxylation is 1. The molecule has 8 heteroatoms. The largest absolute Gasteiger partial charge is 0.443 e. The molecule has 0 radical (unpaired) electrons. The summed E-state index contributed by atoms with van der Waals surface area (Å²) in [7, 11) is 0. The van der Waals surface area contributed by atoms with Gasteiger partial charge in [-0.1, -0.05) is 31.0 Å². The van der Waals surface area contributed by atoms with Gasteiger partial charge < -0.3 is 9.64 Å². The van der Waals surface area contributed by atoms with Crippen LogP contribution in [0.2, 0.25) is 0 Å². The fraction of sp³-hybridized carbons (Fsp3) is 0.714. The van der Waals surface area contributed by atoms with Crippen molar-refractivity contribution in [2.24, 2.45) is 0 Å². The number of thioether (sulfide) groups is 1. The maximum atomic E-state index is 13.3. The van der Waals surface area contributed by atoms with E-state index in [1.807, 2.05) is 40.1 Å². The number of hydrogen-bond acceptors (Lipinski definition) is 7. The summed E-state index contributed by atoms with van der Waals surface area (Å²) >= 11 is 1.49. The van der Waals surface area contributed by atoms with Crippen LogP contribution in [0.4, 0.5) is 10.6 Å². The molecule has 160 valence electrons. The van der Waals surface area contributed by atoms with Gasteiger partial charge in [0.25, 0.3) is 5.91 Å². The molecule has 1 saturated heterocycles. The summed E-state index contributed by atoms with van der Waals surface area (Å²) in [4.78, 5) is 38.4. The van der Waals surface area contributed by atoms with Crippen molar-refractivity contribution in [2.45, 2.75) is 89.1 Å². The molecular weight excluding hydrogens is 388 g/mol. The highest BCUT2D eigenvalue weighted by atomic mass is 32.2. The van der Waals surface area contributed by atoms with Crippen molar-refractivity contribution in [1.82, 2.24) is 14.9 Å². The predicted octanol–water partition coefficient (Wildman–Crippen LogP) is 4.18. The zero-order valence-electron chi connectivity index (χ0n) is 18.1. The summed E-state index contributed by atoms with van der Waals surface area (Å²) in [6.07, 6.45) is 9.41. The van der Waals surface area contributed by atoms with Crippen LogP contribution < -0.4 is 4.90 Å². The molecule has 0 bridgehead atoms. The van der Waals surface area contributed by atoms with Crippen LogP contribution in [0.3, 0.4) is 0 Å². The van der Waals surface area contributed by atoms with Gasteiger partial charge in [0.1, 0.15) is 17.5 Å². The van der Waals surface area contributed by atoms with E-state index >= 15 is 0 Å². The molecule has 2 heterocycles. The van der Waals surface area contributed by atoms with Gasteiger partial charge in [-0.2, -0.15) is 0 Å². The van der Waals surface area contributed by atoms with Gasteiger partial charge in [0.2, 0.25) is 0 Å². The lowest BCUT2D eigenvalue weighted by molar-refractivity contribution is -0.128. The van der Waals surface area contributed by atoms with Gasteiger partial charge in [-0.3, -0.25) is 4.79 Å². The van der Waals surface area contributed by atoms with E-state index in [1.54, 1.807) is 0 Å². The van der Waals surface area contributed by atoms with Crippen molar-refractivity contribution in [3.63, 3.8) is 0 Å². The highest BCUT2D eigenvalue weighted by Crippen LogP contribution is 2.34. The second-order valence-corrected chi connectivity index (χ2v) is 9.61. The Morgan fingerprint density at radius 3 is 2.55 bits per heavy atom. The minimum Gasteiger partial charge on any atom is -0.443 e. The van der Waals surface area contributed by atoms with Crippen LogP contribution >= 0.6 is 11.8 Å². The monoisotopic (exact) mass is 420 g/mol. The molecule has 1 unspecified atom stereocenters. The number of amides is 2. The summed E-state index contributed by atoms with van der Waals surface area (Å²) in [5.41, 5.74) is 0.325. The van der Waals surface area contributed by atoms with E-state index in [0.717, 1.165) is 37.1 Å². The summed E-state index contributed by atoms with van der Waals surface area (Å²) in [6, 6.07) is -0.145. The second-order valence-electron chi connectivity index (χ2n) is 8.84. The number of hydrogen-bond donors (Lipinski definition) is 0. The molecular formula is C21H32N4O3S. The van der Waals surface area contributed by atoms with E-state index in [0.29, 0.717) is 18.1 Å². The van der Waals surface area contributed by atoms with E-state index in [1.165, 1.54) is 23.1 Å². The minimum absolute atomic E-state index is 0.187. The fourth-order valence-corrected chi connectivity index (χ4v) is 4.47. The molecule has 0 spiro atoms. The van der Waals surface area contributed by atoms with Crippen LogP contribution in [0.1, 0.15) is 64.9 Å². The maximum Gasteiger partial charge on any atom is 0.417 e. The number of likely N-dealkylation sites (tertiary alicyclic amines) is 1. The maximum absolute atomic E-state index is 13.3. The first kappa shape index (κ1) is 21.9. The Kier molecular flexibility index (Phi) is 6.71. The number of carbonyl (C=O) groups is 2. The number of aromatic nitrogens is 2. The average molecular weight is 421 g/mol. The van der Waals surface area contributed by atoms with E-state index < -0.39 is 17.7 Å². The molecule has 1 aliphatic carbocycles. The van der Waals surface area contributed by atoms with E-state index in [9.17, 15) is 9.59 Å². The molecule has 1 aromatic heterocycles. The molecule has 0 aromatic carbocycles. The van der Waals surface area contributed by atoms with Crippen molar-refractivity contribution in [3.8, 4) is 0 Å². The van der Waals surface area contributed by atoms with Gasteiger partial charge in [0.15, 0.2) is 5.16 Å². The number of rotatable bonds is 4. The second kappa shape index (κ2) is 8.90. The van der Waals surface area contributed by atoms with Gasteiger partial charge in [0, 0.05) is 24.3 Å². The first-order chi connectivity index (χ1) is 13.7. The molecule has 7 nitrogen and oxygen atoms in total.